The first kappa shape index (κ1) is 15.0. The summed E-state index contributed by atoms with van der Waals surface area (Å²) in [6.45, 7) is 8.96. The van der Waals surface area contributed by atoms with Gasteiger partial charge in [0.15, 0.2) is 0 Å². The molecular weight excluding hydrogens is 210 g/mol. The van der Waals surface area contributed by atoms with Gasteiger partial charge in [-0.3, -0.25) is 0 Å². The van der Waals surface area contributed by atoms with Crippen LogP contribution in [0.2, 0.25) is 0 Å². The predicted octanol–water partition coefficient (Wildman–Crippen LogP) is 3.75. The molecule has 17 heavy (non-hydrogen) atoms. The summed E-state index contributed by atoms with van der Waals surface area (Å²) in [5.74, 6) is 0.828. The summed E-state index contributed by atoms with van der Waals surface area (Å²) in [6, 6.07) is 0.592. The summed E-state index contributed by atoms with van der Waals surface area (Å²) in [6.07, 6.45) is 9.50. The molecule has 2 nitrogen and oxygen atoms in total. The number of rotatable bonds is 8. The summed E-state index contributed by atoms with van der Waals surface area (Å²) in [5, 5.41) is 3.69. The standard InChI is InChI=1S/C15H31NO/c1-4-11-16-14(9-7-8-13(2)3)15-10-5-6-12-17-15/h13-16H,4-12H2,1-3H3. The van der Waals surface area contributed by atoms with Crippen molar-refractivity contribution in [3.63, 3.8) is 0 Å². The maximum Gasteiger partial charge on any atom is 0.0728 e. The fourth-order valence-electron chi connectivity index (χ4n) is 2.58. The van der Waals surface area contributed by atoms with Gasteiger partial charge in [0.25, 0.3) is 0 Å². The normalized spacial score (nSPS) is 22.9. The Labute approximate surface area is 108 Å². The molecular formula is C15H31NO. The number of hydrogen-bond acceptors (Lipinski definition) is 2. The first-order chi connectivity index (χ1) is 8.24. The van der Waals surface area contributed by atoms with Crippen molar-refractivity contribution in [2.75, 3.05) is 13.2 Å². The van der Waals surface area contributed by atoms with Crippen LogP contribution in [0.15, 0.2) is 0 Å². The second-order valence-electron chi connectivity index (χ2n) is 5.79. The van der Waals surface area contributed by atoms with Gasteiger partial charge < -0.3 is 10.1 Å². The van der Waals surface area contributed by atoms with E-state index in [1.165, 1.54) is 44.9 Å². The van der Waals surface area contributed by atoms with E-state index in [0.29, 0.717) is 12.1 Å². The van der Waals surface area contributed by atoms with Gasteiger partial charge in [-0.05, 0) is 44.6 Å². The molecule has 0 radical (unpaired) electrons. The minimum Gasteiger partial charge on any atom is -0.377 e. The van der Waals surface area contributed by atoms with E-state index in [1.807, 2.05) is 0 Å². The lowest BCUT2D eigenvalue weighted by Gasteiger charge is -2.31. The lowest BCUT2D eigenvalue weighted by molar-refractivity contribution is -0.00983. The van der Waals surface area contributed by atoms with E-state index in [2.05, 4.69) is 26.1 Å². The minimum absolute atomic E-state index is 0.475. The Morgan fingerprint density at radius 3 is 2.65 bits per heavy atom. The van der Waals surface area contributed by atoms with Crippen molar-refractivity contribution >= 4 is 0 Å². The zero-order valence-corrected chi connectivity index (χ0v) is 12.0. The average Bonchev–Trinajstić information content (AvgIpc) is 2.34. The van der Waals surface area contributed by atoms with Crippen LogP contribution in [0.3, 0.4) is 0 Å². The third-order valence-corrected chi connectivity index (χ3v) is 3.62. The highest BCUT2D eigenvalue weighted by atomic mass is 16.5. The van der Waals surface area contributed by atoms with Crippen LogP contribution in [-0.4, -0.2) is 25.3 Å². The monoisotopic (exact) mass is 241 g/mol. The average molecular weight is 241 g/mol. The Hall–Kier alpha value is -0.0800. The van der Waals surface area contributed by atoms with E-state index in [-0.39, 0.29) is 0 Å². The molecule has 102 valence electrons. The van der Waals surface area contributed by atoms with Crippen LogP contribution in [0.4, 0.5) is 0 Å². The Bertz CT molecular complexity index is 176. The van der Waals surface area contributed by atoms with Crippen molar-refractivity contribution in [3.8, 4) is 0 Å². The molecule has 2 unspecified atom stereocenters. The molecule has 0 spiro atoms. The second kappa shape index (κ2) is 8.93. The maximum atomic E-state index is 5.93. The molecule has 1 aliphatic rings. The highest BCUT2D eigenvalue weighted by molar-refractivity contribution is 4.79. The van der Waals surface area contributed by atoms with Crippen molar-refractivity contribution < 1.29 is 4.74 Å². The van der Waals surface area contributed by atoms with E-state index in [1.54, 1.807) is 0 Å². The number of ether oxygens (including phenoxy) is 1. The third-order valence-electron chi connectivity index (χ3n) is 3.62. The van der Waals surface area contributed by atoms with Gasteiger partial charge in [0.05, 0.1) is 6.10 Å². The molecule has 1 N–H and O–H groups in total. The summed E-state index contributed by atoms with van der Waals surface area (Å²) in [7, 11) is 0. The molecule has 2 heteroatoms. The fraction of sp³-hybridized carbons (Fsp3) is 1.00. The molecule has 0 saturated carbocycles. The zero-order chi connectivity index (χ0) is 12.5. The van der Waals surface area contributed by atoms with Crippen LogP contribution in [0, 0.1) is 5.92 Å². The molecule has 1 saturated heterocycles. The molecule has 1 aliphatic heterocycles. The van der Waals surface area contributed by atoms with Crippen LogP contribution in [-0.2, 0) is 4.74 Å². The molecule has 0 aromatic heterocycles. The Kier molecular flexibility index (Phi) is 7.87. The van der Waals surface area contributed by atoms with Gasteiger partial charge in [-0.25, -0.2) is 0 Å². The van der Waals surface area contributed by atoms with Crippen LogP contribution < -0.4 is 5.32 Å². The largest absolute Gasteiger partial charge is 0.377 e. The number of nitrogens with one attached hydrogen (secondary N) is 1. The maximum absolute atomic E-state index is 5.93. The molecule has 0 aliphatic carbocycles. The van der Waals surface area contributed by atoms with Crippen molar-refractivity contribution in [1.29, 1.82) is 0 Å². The van der Waals surface area contributed by atoms with Crippen molar-refractivity contribution in [2.45, 2.75) is 77.9 Å². The van der Waals surface area contributed by atoms with Crippen molar-refractivity contribution in [1.82, 2.24) is 5.32 Å². The van der Waals surface area contributed by atoms with Gasteiger partial charge in [-0.15, -0.1) is 0 Å². The third kappa shape index (κ3) is 6.42. The topological polar surface area (TPSA) is 21.3 Å². The number of hydrogen-bond donors (Lipinski definition) is 1. The molecule has 1 fully saturated rings. The van der Waals surface area contributed by atoms with Crippen molar-refractivity contribution in [2.24, 2.45) is 5.92 Å². The smallest absolute Gasteiger partial charge is 0.0728 e. The van der Waals surface area contributed by atoms with Gasteiger partial charge in [-0.2, -0.15) is 0 Å². The SMILES string of the molecule is CCCNC(CCCC(C)C)C1CCCCO1. The van der Waals surface area contributed by atoms with E-state index in [9.17, 15) is 0 Å². The quantitative estimate of drug-likeness (QED) is 0.699. The molecule has 1 heterocycles. The highest BCUT2D eigenvalue weighted by Crippen LogP contribution is 2.20. The first-order valence-corrected chi connectivity index (χ1v) is 7.59. The van der Waals surface area contributed by atoms with Gasteiger partial charge >= 0.3 is 0 Å². The van der Waals surface area contributed by atoms with E-state index in [0.717, 1.165) is 19.1 Å². The molecule has 0 aromatic carbocycles. The van der Waals surface area contributed by atoms with Gasteiger partial charge in [0.2, 0.25) is 0 Å². The first-order valence-electron chi connectivity index (χ1n) is 7.59. The fourth-order valence-corrected chi connectivity index (χ4v) is 2.58. The zero-order valence-electron chi connectivity index (χ0n) is 12.0. The van der Waals surface area contributed by atoms with Crippen molar-refractivity contribution in [3.05, 3.63) is 0 Å². The van der Waals surface area contributed by atoms with Gasteiger partial charge in [0, 0.05) is 12.6 Å². The van der Waals surface area contributed by atoms with E-state index >= 15 is 0 Å². The molecule has 0 aromatic rings. The lowest BCUT2D eigenvalue weighted by atomic mass is 9.95. The Balaban J connectivity index is 2.30. The minimum atomic E-state index is 0.475. The molecule has 0 bridgehead atoms. The lowest BCUT2D eigenvalue weighted by Crippen LogP contribution is -2.43. The predicted molar refractivity (Wildman–Crippen MR) is 74.4 cm³/mol. The Morgan fingerprint density at radius 1 is 1.24 bits per heavy atom. The van der Waals surface area contributed by atoms with Crippen LogP contribution in [0.1, 0.15) is 65.7 Å². The van der Waals surface area contributed by atoms with Crippen LogP contribution in [0.25, 0.3) is 0 Å². The second-order valence-corrected chi connectivity index (χ2v) is 5.79. The van der Waals surface area contributed by atoms with E-state index in [4.69, 9.17) is 4.74 Å². The van der Waals surface area contributed by atoms with E-state index < -0.39 is 0 Å². The molecule has 1 rings (SSSR count). The summed E-state index contributed by atoms with van der Waals surface area (Å²) in [4.78, 5) is 0. The highest BCUT2D eigenvalue weighted by Gasteiger charge is 2.23. The van der Waals surface area contributed by atoms with Gasteiger partial charge in [0.1, 0.15) is 0 Å². The van der Waals surface area contributed by atoms with Gasteiger partial charge in [-0.1, -0.05) is 33.6 Å². The van der Waals surface area contributed by atoms with Crippen LogP contribution in [0.5, 0.6) is 0 Å². The Morgan fingerprint density at radius 2 is 2.06 bits per heavy atom. The molecule has 2 atom stereocenters. The summed E-state index contributed by atoms with van der Waals surface area (Å²) in [5.41, 5.74) is 0. The molecule has 0 amide bonds. The summed E-state index contributed by atoms with van der Waals surface area (Å²) >= 11 is 0. The summed E-state index contributed by atoms with van der Waals surface area (Å²) < 4.78 is 5.93. The van der Waals surface area contributed by atoms with Crippen LogP contribution >= 0.6 is 0 Å².